The van der Waals surface area contributed by atoms with Gasteiger partial charge in [0.05, 0.1) is 0 Å². The molecule has 0 aromatic heterocycles. The molecule has 8 heteroatoms. The van der Waals surface area contributed by atoms with E-state index in [4.69, 9.17) is 0 Å². The Morgan fingerprint density at radius 3 is 1.58 bits per heavy atom. The number of carboxylic acid groups (broad SMARTS) is 2. The van der Waals surface area contributed by atoms with Gasteiger partial charge in [-0.25, -0.2) is 0 Å². The fraction of sp³-hybridized carbons (Fsp3) is 0.818. The molecule has 0 N–H and O–H groups in total. The number of carbonyl (C=O) groups excluding carboxylic acids is 2. The van der Waals surface area contributed by atoms with E-state index >= 15 is 0 Å². The molecule has 0 radical (unpaired) electrons. The first-order valence-corrected chi connectivity index (χ1v) is 5.68. The maximum Gasteiger partial charge on any atom is 1.00 e. The summed E-state index contributed by atoms with van der Waals surface area (Å²) in [7, 11) is 3.90. The van der Waals surface area contributed by atoms with E-state index in [0.717, 1.165) is 13.0 Å². The zero-order valence-electron chi connectivity index (χ0n) is 12.5. The molecule has 0 atom stereocenters. The average Bonchev–Trinajstić information content (AvgIpc) is 2.20. The Morgan fingerprint density at radius 2 is 1.26 bits per heavy atom. The van der Waals surface area contributed by atoms with Gasteiger partial charge in [-0.1, -0.05) is 0 Å². The topological polar surface area (TPSA) is 86.7 Å². The molecular formula is C11H20N2Na2O4. The molecule has 100 valence electrons. The van der Waals surface area contributed by atoms with Gasteiger partial charge in [0.25, 0.3) is 0 Å². The van der Waals surface area contributed by atoms with Crippen LogP contribution in [0.1, 0.15) is 19.3 Å². The van der Waals surface area contributed by atoms with E-state index in [9.17, 15) is 19.8 Å². The van der Waals surface area contributed by atoms with Crippen LogP contribution in [0.4, 0.5) is 0 Å². The van der Waals surface area contributed by atoms with Crippen molar-refractivity contribution in [3.63, 3.8) is 0 Å². The first kappa shape index (κ1) is 24.9. The Labute approximate surface area is 159 Å². The van der Waals surface area contributed by atoms with Crippen LogP contribution in [0.2, 0.25) is 0 Å². The molecule has 0 aromatic rings. The Bertz CT molecular complexity index is 235. The summed E-state index contributed by atoms with van der Waals surface area (Å²) in [6.07, 6.45) is 0.719. The van der Waals surface area contributed by atoms with E-state index in [0.29, 0.717) is 19.6 Å². The van der Waals surface area contributed by atoms with Gasteiger partial charge in [-0.05, 0) is 46.4 Å². The summed E-state index contributed by atoms with van der Waals surface area (Å²) in [5.41, 5.74) is 0. The fourth-order valence-corrected chi connectivity index (χ4v) is 1.44. The number of nitrogens with zero attached hydrogens (tertiary/aromatic N) is 2. The van der Waals surface area contributed by atoms with Crippen molar-refractivity contribution in [3.8, 4) is 0 Å². The number of carboxylic acids is 2. The molecule has 0 aliphatic carbocycles. The second-order valence-electron chi connectivity index (χ2n) is 4.24. The average molecular weight is 290 g/mol. The fourth-order valence-electron chi connectivity index (χ4n) is 1.44. The van der Waals surface area contributed by atoms with E-state index in [1.54, 1.807) is 0 Å². The summed E-state index contributed by atoms with van der Waals surface area (Å²) in [4.78, 5) is 24.5. The summed E-state index contributed by atoms with van der Waals surface area (Å²) in [6.45, 7) is 2.21. The summed E-state index contributed by atoms with van der Waals surface area (Å²) >= 11 is 0. The normalized spacial score (nSPS) is 9.89. The van der Waals surface area contributed by atoms with Gasteiger partial charge < -0.3 is 29.6 Å². The molecule has 0 saturated heterocycles. The predicted molar refractivity (Wildman–Crippen MR) is 58.9 cm³/mol. The monoisotopic (exact) mass is 290 g/mol. The van der Waals surface area contributed by atoms with E-state index in [-0.39, 0.29) is 72.0 Å². The largest absolute Gasteiger partial charge is 1.00 e. The molecule has 0 amide bonds. The molecule has 0 unspecified atom stereocenters. The molecule has 0 bridgehead atoms. The van der Waals surface area contributed by atoms with Crippen molar-refractivity contribution < 1.29 is 78.9 Å². The molecular weight excluding hydrogens is 270 g/mol. The van der Waals surface area contributed by atoms with Crippen LogP contribution in [-0.2, 0) is 9.59 Å². The number of hydrogen-bond acceptors (Lipinski definition) is 6. The Balaban J connectivity index is -0.00000128. The van der Waals surface area contributed by atoms with Crippen LogP contribution in [0, 0.1) is 0 Å². The van der Waals surface area contributed by atoms with Crippen LogP contribution in [0.25, 0.3) is 0 Å². The third kappa shape index (κ3) is 18.9. The van der Waals surface area contributed by atoms with Crippen molar-refractivity contribution in [1.29, 1.82) is 0 Å². The number of carbonyl (C=O) groups is 2. The zero-order valence-corrected chi connectivity index (χ0v) is 16.5. The molecule has 0 saturated carbocycles. The van der Waals surface area contributed by atoms with Gasteiger partial charge >= 0.3 is 59.1 Å². The van der Waals surface area contributed by atoms with Gasteiger partial charge in [-0.2, -0.15) is 0 Å². The molecule has 6 nitrogen and oxygen atoms in total. The molecule has 0 aliphatic rings. The van der Waals surface area contributed by atoms with Crippen molar-refractivity contribution in [2.24, 2.45) is 0 Å². The molecule has 0 aliphatic heterocycles. The van der Waals surface area contributed by atoms with Gasteiger partial charge in [0.1, 0.15) is 0 Å². The van der Waals surface area contributed by atoms with Crippen LogP contribution in [0.5, 0.6) is 0 Å². The minimum absolute atomic E-state index is 0. The molecule has 0 heterocycles. The maximum atomic E-state index is 10.3. The van der Waals surface area contributed by atoms with Crippen molar-refractivity contribution in [3.05, 3.63) is 0 Å². The smallest absolute Gasteiger partial charge is 0.550 e. The SMILES string of the molecule is CN(C)CCCN(CCC(=O)[O-])CCC(=O)[O-].[Na+].[Na+]. The minimum atomic E-state index is -1.11. The Hall–Kier alpha value is 0.860. The minimum Gasteiger partial charge on any atom is -0.550 e. The van der Waals surface area contributed by atoms with Crippen molar-refractivity contribution in [2.45, 2.75) is 19.3 Å². The third-order valence-electron chi connectivity index (χ3n) is 2.34. The number of hydrogen-bond donors (Lipinski definition) is 0. The quantitative estimate of drug-likeness (QED) is 0.371. The summed E-state index contributed by atoms with van der Waals surface area (Å²) in [5, 5.41) is 20.7. The van der Waals surface area contributed by atoms with Gasteiger partial charge in [-0.15, -0.1) is 0 Å². The van der Waals surface area contributed by atoms with Gasteiger partial charge in [0.15, 0.2) is 0 Å². The predicted octanol–water partition coefficient (Wildman–Crippen LogP) is -8.47. The van der Waals surface area contributed by atoms with Crippen LogP contribution in [0.3, 0.4) is 0 Å². The van der Waals surface area contributed by atoms with Crippen LogP contribution in [0.15, 0.2) is 0 Å². The summed E-state index contributed by atoms with van der Waals surface area (Å²) in [5.74, 6) is -2.23. The van der Waals surface area contributed by atoms with Crippen molar-refractivity contribution >= 4 is 11.9 Å². The Morgan fingerprint density at radius 1 is 0.842 bits per heavy atom. The van der Waals surface area contributed by atoms with Gasteiger partial charge in [-0.3, -0.25) is 0 Å². The second-order valence-corrected chi connectivity index (χ2v) is 4.24. The van der Waals surface area contributed by atoms with Crippen LogP contribution in [-0.4, -0.2) is 62.0 Å². The number of rotatable bonds is 10. The Kier molecular flexibility index (Phi) is 19.9. The second kappa shape index (κ2) is 15.3. The number of aliphatic carboxylic acids is 2. The van der Waals surface area contributed by atoms with Crippen molar-refractivity contribution in [2.75, 3.05) is 40.3 Å². The molecule has 0 rings (SSSR count). The van der Waals surface area contributed by atoms with Crippen molar-refractivity contribution in [1.82, 2.24) is 9.80 Å². The van der Waals surface area contributed by atoms with E-state index in [2.05, 4.69) is 0 Å². The summed E-state index contributed by atoms with van der Waals surface area (Å²) < 4.78 is 0. The first-order valence-electron chi connectivity index (χ1n) is 5.68. The third-order valence-corrected chi connectivity index (χ3v) is 2.34. The zero-order chi connectivity index (χ0) is 13.3. The van der Waals surface area contributed by atoms with Crippen LogP contribution < -0.4 is 69.3 Å². The molecule has 0 fully saturated rings. The standard InChI is InChI=1S/C11H22N2O4.2Na/c1-12(2)6-3-7-13(8-4-10(14)15)9-5-11(16)17;;/h3-9H2,1-2H3,(H,14,15)(H,16,17);;/q;2*+1/p-2. The van der Waals surface area contributed by atoms with Crippen LogP contribution >= 0.6 is 0 Å². The molecule has 19 heavy (non-hydrogen) atoms. The van der Waals surface area contributed by atoms with Gasteiger partial charge in [0, 0.05) is 25.0 Å². The first-order chi connectivity index (χ1) is 7.91. The van der Waals surface area contributed by atoms with E-state index in [1.165, 1.54) is 0 Å². The maximum absolute atomic E-state index is 10.3. The van der Waals surface area contributed by atoms with Gasteiger partial charge in [0.2, 0.25) is 0 Å². The van der Waals surface area contributed by atoms with E-state index in [1.807, 2.05) is 23.9 Å². The van der Waals surface area contributed by atoms with E-state index < -0.39 is 11.9 Å². The molecule has 0 aromatic carbocycles. The summed E-state index contributed by atoms with van der Waals surface area (Å²) in [6, 6.07) is 0. The molecule has 0 spiro atoms.